The number of benzene rings is 8. The van der Waals surface area contributed by atoms with Gasteiger partial charge in [-0.25, -0.2) is 9.97 Å². The van der Waals surface area contributed by atoms with E-state index in [-0.39, 0.29) is 0 Å². The number of hydrogen-bond acceptors (Lipinski definition) is 4. The van der Waals surface area contributed by atoms with Gasteiger partial charge >= 0.3 is 0 Å². The minimum absolute atomic E-state index is 0.530. The van der Waals surface area contributed by atoms with Gasteiger partial charge in [0.2, 0.25) is 0 Å². The second-order valence-electron chi connectivity index (χ2n) is 14.4. The van der Waals surface area contributed by atoms with E-state index in [0.717, 1.165) is 61.3 Å². The van der Waals surface area contributed by atoms with Crippen molar-refractivity contribution in [2.75, 3.05) is 0 Å². The van der Waals surface area contributed by atoms with E-state index in [4.69, 9.17) is 9.97 Å². The molecule has 0 aliphatic carbocycles. The molecule has 4 heterocycles. The van der Waals surface area contributed by atoms with E-state index in [1.165, 1.54) is 41.7 Å². The molecule has 0 aliphatic rings. The zero-order valence-corrected chi connectivity index (χ0v) is 31.2. The van der Waals surface area contributed by atoms with Crippen molar-refractivity contribution in [3.05, 3.63) is 181 Å². The van der Waals surface area contributed by atoms with E-state index in [2.05, 4.69) is 130 Å². The Labute approximate surface area is 330 Å². The molecule has 4 aromatic heterocycles. The molecular weight excluding hydrogens is 715 g/mol. The van der Waals surface area contributed by atoms with Gasteiger partial charge in [0, 0.05) is 64.2 Å². The van der Waals surface area contributed by atoms with E-state index in [0.29, 0.717) is 11.3 Å². The van der Waals surface area contributed by atoms with Gasteiger partial charge in [0.15, 0.2) is 0 Å². The van der Waals surface area contributed by atoms with Crippen LogP contribution in [0.5, 0.6) is 0 Å². The topological polar surface area (TPSA) is 59.4 Å². The van der Waals surface area contributed by atoms with Gasteiger partial charge < -0.3 is 9.13 Å². The van der Waals surface area contributed by atoms with Crippen LogP contribution in [0, 0.1) is 11.3 Å². The average Bonchev–Trinajstić information content (AvgIpc) is 3.94. The Morgan fingerprint density at radius 3 is 1.75 bits per heavy atom. The van der Waals surface area contributed by atoms with Crippen molar-refractivity contribution in [3.8, 4) is 40.0 Å². The lowest BCUT2D eigenvalue weighted by Gasteiger charge is -2.15. The quantitative estimate of drug-likeness (QED) is 0.180. The van der Waals surface area contributed by atoms with Crippen LogP contribution >= 0.6 is 11.3 Å². The predicted molar refractivity (Wildman–Crippen MR) is 237 cm³/mol. The molecule has 6 heteroatoms. The van der Waals surface area contributed by atoms with Gasteiger partial charge in [-0.1, -0.05) is 115 Å². The first-order valence-electron chi connectivity index (χ1n) is 19.0. The predicted octanol–water partition coefficient (Wildman–Crippen LogP) is 13.4. The van der Waals surface area contributed by atoms with Gasteiger partial charge in [0.1, 0.15) is 0 Å². The largest absolute Gasteiger partial charge is 0.307 e. The summed E-state index contributed by atoms with van der Waals surface area (Å²) in [5.74, 6) is 0. The first-order chi connectivity index (χ1) is 28.3. The number of rotatable bonds is 4. The molecule has 5 nitrogen and oxygen atoms in total. The zero-order valence-electron chi connectivity index (χ0n) is 30.4. The normalized spacial score (nSPS) is 11.8. The molecule has 264 valence electrons. The third-order valence-corrected chi connectivity index (χ3v) is 12.5. The summed E-state index contributed by atoms with van der Waals surface area (Å²) in [6.07, 6.45) is 0. The van der Waals surface area contributed by atoms with Crippen molar-refractivity contribution in [2.45, 2.75) is 0 Å². The van der Waals surface area contributed by atoms with Gasteiger partial charge in [-0.15, -0.1) is 11.3 Å². The Morgan fingerprint density at radius 1 is 0.474 bits per heavy atom. The molecule has 0 bridgehead atoms. The lowest BCUT2D eigenvalue weighted by atomic mass is 9.99. The number of nitrogens with zero attached hydrogens (tertiary/aromatic N) is 5. The van der Waals surface area contributed by atoms with E-state index in [1.54, 1.807) is 0 Å². The molecule has 0 amide bonds. The van der Waals surface area contributed by atoms with Crippen LogP contribution in [-0.4, -0.2) is 19.1 Å². The van der Waals surface area contributed by atoms with Crippen LogP contribution < -0.4 is 0 Å². The van der Waals surface area contributed by atoms with Crippen LogP contribution in [0.25, 0.3) is 109 Å². The van der Waals surface area contributed by atoms with Crippen LogP contribution in [0.3, 0.4) is 0 Å². The molecule has 12 aromatic rings. The smallest absolute Gasteiger partial charge is 0.0999 e. The molecular formula is C51H29N5S. The monoisotopic (exact) mass is 743 g/mol. The van der Waals surface area contributed by atoms with E-state index < -0.39 is 0 Å². The molecule has 12 rings (SSSR count). The van der Waals surface area contributed by atoms with E-state index in [9.17, 15) is 5.26 Å². The third kappa shape index (κ3) is 4.55. The fourth-order valence-electron chi connectivity index (χ4n) is 8.95. The van der Waals surface area contributed by atoms with Crippen molar-refractivity contribution in [1.82, 2.24) is 19.1 Å². The number of thiophene rings is 1. The second kappa shape index (κ2) is 12.2. The van der Waals surface area contributed by atoms with Gasteiger partial charge in [-0.05, 0) is 60.7 Å². The highest BCUT2D eigenvalue weighted by molar-refractivity contribution is 7.27. The fraction of sp³-hybridized carbons (Fsp3) is 0. The maximum atomic E-state index is 11.0. The number of fused-ring (bicyclic) bond motifs is 13. The molecule has 0 radical (unpaired) electrons. The summed E-state index contributed by atoms with van der Waals surface area (Å²) in [4.78, 5) is 10.3. The second-order valence-corrected chi connectivity index (χ2v) is 15.5. The van der Waals surface area contributed by atoms with Crippen LogP contribution in [0.4, 0.5) is 0 Å². The summed E-state index contributed by atoms with van der Waals surface area (Å²) in [5, 5.41) is 18.3. The fourth-order valence-corrected chi connectivity index (χ4v) is 10.2. The Balaban J connectivity index is 1.24. The van der Waals surface area contributed by atoms with E-state index in [1.807, 2.05) is 72.0 Å². The van der Waals surface area contributed by atoms with Crippen LogP contribution in [-0.2, 0) is 0 Å². The molecule has 0 saturated heterocycles. The van der Waals surface area contributed by atoms with Crippen molar-refractivity contribution >= 4 is 86.2 Å². The highest BCUT2D eigenvalue weighted by Gasteiger charge is 2.27. The SMILES string of the molecule is N#Cc1cc(-n2c3ccccc3c3c4c5ccccc5sc4c4c5ccccc5n(-c5ccccc5)c4c32)ccc1-c1nc2ccccc2nc1-c1ccccc1. The number of para-hydroxylation sites is 5. The molecule has 0 aliphatic heterocycles. The lowest BCUT2D eigenvalue weighted by molar-refractivity contribution is 1.15. The number of aromatic nitrogens is 4. The van der Waals surface area contributed by atoms with E-state index >= 15 is 0 Å². The first kappa shape index (κ1) is 31.7. The Bertz CT molecular complexity index is 3640. The van der Waals surface area contributed by atoms with Crippen LogP contribution in [0.15, 0.2) is 176 Å². The molecule has 0 spiro atoms. The summed E-state index contributed by atoms with van der Waals surface area (Å²) in [6.45, 7) is 0. The molecule has 0 saturated carbocycles. The minimum Gasteiger partial charge on any atom is -0.307 e. The molecule has 0 fully saturated rings. The van der Waals surface area contributed by atoms with Gasteiger partial charge in [0.25, 0.3) is 0 Å². The maximum Gasteiger partial charge on any atom is 0.0999 e. The molecule has 0 atom stereocenters. The summed E-state index contributed by atoms with van der Waals surface area (Å²) < 4.78 is 7.36. The molecule has 0 unspecified atom stereocenters. The highest BCUT2D eigenvalue weighted by Crippen LogP contribution is 2.51. The molecule has 8 aromatic carbocycles. The average molecular weight is 744 g/mol. The van der Waals surface area contributed by atoms with Crippen molar-refractivity contribution < 1.29 is 0 Å². The third-order valence-electron chi connectivity index (χ3n) is 11.3. The molecule has 57 heavy (non-hydrogen) atoms. The zero-order chi connectivity index (χ0) is 37.6. The van der Waals surface area contributed by atoms with Crippen molar-refractivity contribution in [3.63, 3.8) is 0 Å². The van der Waals surface area contributed by atoms with Crippen LogP contribution in [0.2, 0.25) is 0 Å². The lowest BCUT2D eigenvalue weighted by Crippen LogP contribution is -2.01. The highest BCUT2D eigenvalue weighted by atomic mass is 32.1. The Hall–Kier alpha value is -7.59. The standard InChI is InChI=1S/C51H29N5S/c52-30-32-29-34(27-28-35(32)48-47(31-15-3-1-4-16-31)53-39-22-10-11-23-40(39)54-48)56-41-24-12-7-19-36(41)44-45-38-21-9-14-26-43(38)57-51(45)46-37-20-8-13-25-42(37)55(50(46)49(44)56)33-17-5-2-6-18-33/h1-29H. The summed E-state index contributed by atoms with van der Waals surface area (Å²) >= 11 is 1.87. The minimum atomic E-state index is 0.530. The van der Waals surface area contributed by atoms with Crippen molar-refractivity contribution in [1.29, 1.82) is 5.26 Å². The summed E-state index contributed by atoms with van der Waals surface area (Å²) in [5.41, 5.74) is 11.7. The Kier molecular flexibility index (Phi) is 6.80. The number of nitriles is 1. The van der Waals surface area contributed by atoms with Gasteiger partial charge in [0.05, 0.1) is 56.1 Å². The van der Waals surface area contributed by atoms with Crippen molar-refractivity contribution in [2.24, 2.45) is 0 Å². The Morgan fingerprint density at radius 2 is 1.04 bits per heavy atom. The van der Waals surface area contributed by atoms with Gasteiger partial charge in [-0.2, -0.15) is 5.26 Å². The maximum absolute atomic E-state index is 11.0. The summed E-state index contributed by atoms with van der Waals surface area (Å²) in [6, 6.07) is 63.8. The summed E-state index contributed by atoms with van der Waals surface area (Å²) in [7, 11) is 0. The molecule has 0 N–H and O–H groups in total. The van der Waals surface area contributed by atoms with Crippen LogP contribution in [0.1, 0.15) is 5.56 Å². The number of hydrogen-bond donors (Lipinski definition) is 0. The van der Waals surface area contributed by atoms with Gasteiger partial charge in [-0.3, -0.25) is 0 Å². The first-order valence-corrected chi connectivity index (χ1v) is 19.8.